The van der Waals surface area contributed by atoms with E-state index in [9.17, 15) is 9.59 Å². The van der Waals surface area contributed by atoms with Crippen LogP contribution < -0.4 is 20.3 Å². The quantitative estimate of drug-likeness (QED) is 0.534. The minimum atomic E-state index is -0.469. The molecule has 0 fully saturated rings. The van der Waals surface area contributed by atoms with Gasteiger partial charge >= 0.3 is 0 Å². The van der Waals surface area contributed by atoms with Gasteiger partial charge in [0.25, 0.3) is 11.8 Å². The van der Waals surface area contributed by atoms with Crippen LogP contribution in [-0.4, -0.2) is 25.0 Å². The van der Waals surface area contributed by atoms with E-state index in [1.165, 1.54) is 5.56 Å². The predicted octanol–water partition coefficient (Wildman–Crippen LogP) is 4.59. The summed E-state index contributed by atoms with van der Waals surface area (Å²) in [5.41, 5.74) is 6.31. The molecule has 0 radical (unpaired) electrons. The first-order valence-electron chi connectivity index (χ1n) is 9.68. The second-order valence-corrected chi connectivity index (χ2v) is 7.57. The molecule has 7 heteroatoms. The minimum absolute atomic E-state index is 0.208. The number of amides is 2. The number of carbonyl (C=O) groups excluding carboxylic acids is 2. The van der Waals surface area contributed by atoms with Crippen LogP contribution in [0.15, 0.2) is 46.9 Å². The van der Waals surface area contributed by atoms with Crippen LogP contribution in [0.4, 0.5) is 0 Å². The van der Waals surface area contributed by atoms with Crippen LogP contribution in [0, 0.1) is 0 Å². The third-order valence-electron chi connectivity index (χ3n) is 4.39. The van der Waals surface area contributed by atoms with E-state index in [-0.39, 0.29) is 6.61 Å². The van der Waals surface area contributed by atoms with E-state index in [0.717, 1.165) is 17.3 Å². The van der Waals surface area contributed by atoms with Crippen LogP contribution in [0.1, 0.15) is 55.5 Å². The van der Waals surface area contributed by atoms with Crippen molar-refractivity contribution in [3.8, 4) is 11.5 Å². The Morgan fingerprint density at radius 3 is 2.41 bits per heavy atom. The van der Waals surface area contributed by atoms with Gasteiger partial charge in [0.15, 0.2) is 6.61 Å². The van der Waals surface area contributed by atoms with E-state index < -0.39 is 11.8 Å². The number of hydrogen-bond acceptors (Lipinski definition) is 4. The van der Waals surface area contributed by atoms with E-state index in [2.05, 4.69) is 40.6 Å². The van der Waals surface area contributed by atoms with Crippen LogP contribution in [0.25, 0.3) is 0 Å². The zero-order valence-corrected chi connectivity index (χ0v) is 18.5. The highest BCUT2D eigenvalue weighted by atomic mass is 79.9. The number of carbonyl (C=O) groups is 2. The molecule has 2 N–H and O–H groups in total. The summed E-state index contributed by atoms with van der Waals surface area (Å²) in [5, 5.41) is 0. The van der Waals surface area contributed by atoms with Gasteiger partial charge in [-0.1, -0.05) is 48.8 Å². The number of nitrogens with one attached hydrogen (secondary N) is 2. The largest absolute Gasteiger partial charge is 0.493 e. The molecule has 2 aromatic rings. The fraction of sp³-hybridized carbons (Fsp3) is 0.364. The first-order valence-corrected chi connectivity index (χ1v) is 10.5. The number of hydrazine groups is 1. The average Bonchev–Trinajstić information content (AvgIpc) is 2.74. The number of benzene rings is 2. The van der Waals surface area contributed by atoms with Crippen molar-refractivity contribution >= 4 is 27.7 Å². The number of rotatable bonds is 9. The lowest BCUT2D eigenvalue weighted by Gasteiger charge is -2.13. The summed E-state index contributed by atoms with van der Waals surface area (Å²) in [6.45, 7) is 6.58. The van der Waals surface area contributed by atoms with Gasteiger partial charge in [-0.2, -0.15) is 0 Å². The van der Waals surface area contributed by atoms with Gasteiger partial charge < -0.3 is 9.47 Å². The predicted molar refractivity (Wildman–Crippen MR) is 116 cm³/mol. The van der Waals surface area contributed by atoms with E-state index in [1.54, 1.807) is 18.2 Å². The molecule has 0 heterocycles. The van der Waals surface area contributed by atoms with Gasteiger partial charge in [0.2, 0.25) is 0 Å². The van der Waals surface area contributed by atoms with Crippen LogP contribution in [0.5, 0.6) is 11.5 Å². The summed E-state index contributed by atoms with van der Waals surface area (Å²) >= 11 is 3.34. The molecule has 2 rings (SSSR count). The molecule has 0 saturated heterocycles. The Kier molecular flexibility index (Phi) is 8.99. The summed E-state index contributed by atoms with van der Waals surface area (Å²) in [6, 6.07) is 12.8. The van der Waals surface area contributed by atoms with Gasteiger partial charge in [0, 0.05) is 4.47 Å². The first kappa shape index (κ1) is 22.7. The Morgan fingerprint density at radius 2 is 1.76 bits per heavy atom. The van der Waals surface area contributed by atoms with Crippen molar-refractivity contribution in [3.63, 3.8) is 0 Å². The summed E-state index contributed by atoms with van der Waals surface area (Å²) in [5.74, 6) is 0.603. The molecule has 156 valence electrons. The highest BCUT2D eigenvalue weighted by Gasteiger charge is 2.14. The van der Waals surface area contributed by atoms with Crippen molar-refractivity contribution < 1.29 is 19.1 Å². The zero-order valence-electron chi connectivity index (χ0n) is 17.0. The Morgan fingerprint density at radius 1 is 1.03 bits per heavy atom. The first-order chi connectivity index (χ1) is 13.9. The summed E-state index contributed by atoms with van der Waals surface area (Å²) < 4.78 is 11.8. The Bertz CT molecular complexity index is 824. The second kappa shape index (κ2) is 11.5. The van der Waals surface area contributed by atoms with Crippen molar-refractivity contribution in [2.24, 2.45) is 0 Å². The molecule has 2 amide bonds. The van der Waals surface area contributed by atoms with Crippen molar-refractivity contribution in [2.45, 2.75) is 39.5 Å². The van der Waals surface area contributed by atoms with Crippen LogP contribution in [0.3, 0.4) is 0 Å². The van der Waals surface area contributed by atoms with E-state index in [0.29, 0.717) is 29.6 Å². The monoisotopic (exact) mass is 462 g/mol. The van der Waals surface area contributed by atoms with Crippen molar-refractivity contribution in [2.75, 3.05) is 13.2 Å². The minimum Gasteiger partial charge on any atom is -0.493 e. The van der Waals surface area contributed by atoms with Crippen molar-refractivity contribution in [1.82, 2.24) is 10.9 Å². The molecular weight excluding hydrogens is 436 g/mol. The maximum absolute atomic E-state index is 12.4. The molecule has 6 nitrogen and oxygen atoms in total. The van der Waals surface area contributed by atoms with Crippen LogP contribution in [-0.2, 0) is 4.79 Å². The molecule has 2 aromatic carbocycles. The molecule has 0 aliphatic heterocycles. The van der Waals surface area contributed by atoms with Crippen LogP contribution >= 0.6 is 15.9 Å². The van der Waals surface area contributed by atoms with E-state index >= 15 is 0 Å². The van der Waals surface area contributed by atoms with Crippen LogP contribution in [0.2, 0.25) is 0 Å². The molecular formula is C22H27BrN2O4. The molecule has 1 unspecified atom stereocenters. The fourth-order valence-corrected chi connectivity index (χ4v) is 2.89. The van der Waals surface area contributed by atoms with Gasteiger partial charge in [0.05, 0.1) is 12.2 Å². The molecule has 0 spiro atoms. The Balaban J connectivity index is 1.86. The molecule has 0 aliphatic carbocycles. The Labute approximate surface area is 180 Å². The fourth-order valence-electron chi connectivity index (χ4n) is 2.52. The topological polar surface area (TPSA) is 76.7 Å². The summed E-state index contributed by atoms with van der Waals surface area (Å²) in [6.07, 6.45) is 1.88. The average molecular weight is 463 g/mol. The van der Waals surface area contributed by atoms with Crippen molar-refractivity contribution in [3.05, 3.63) is 58.1 Å². The Hall–Kier alpha value is -2.54. The summed E-state index contributed by atoms with van der Waals surface area (Å²) in [4.78, 5) is 24.4. The maximum Gasteiger partial charge on any atom is 0.276 e. The van der Waals surface area contributed by atoms with Gasteiger partial charge in [-0.05, 0) is 54.7 Å². The third-order valence-corrected chi connectivity index (χ3v) is 4.89. The van der Waals surface area contributed by atoms with Crippen molar-refractivity contribution in [1.29, 1.82) is 0 Å². The van der Waals surface area contributed by atoms with Gasteiger partial charge in [-0.3, -0.25) is 20.4 Å². The number of ether oxygens (including phenoxy) is 2. The van der Waals surface area contributed by atoms with Gasteiger partial charge in [-0.15, -0.1) is 0 Å². The smallest absolute Gasteiger partial charge is 0.276 e. The molecule has 0 aliphatic rings. The number of halogens is 1. The standard InChI is InChI=1S/C22H27BrN2O4/c1-4-12-28-20-11-8-17(23)13-19(20)22(27)25-24-21(26)14-29-18-9-6-16(7-10-18)15(3)5-2/h6-11,13,15H,4-5,12,14H2,1-3H3,(H,24,26)(H,25,27). The maximum atomic E-state index is 12.4. The third kappa shape index (κ3) is 7.09. The lowest BCUT2D eigenvalue weighted by molar-refractivity contribution is -0.123. The lowest BCUT2D eigenvalue weighted by Crippen LogP contribution is -2.44. The van der Waals surface area contributed by atoms with Gasteiger partial charge in [-0.25, -0.2) is 0 Å². The molecule has 0 aromatic heterocycles. The molecule has 0 saturated carbocycles. The molecule has 1 atom stereocenters. The lowest BCUT2D eigenvalue weighted by atomic mass is 9.99. The normalized spacial score (nSPS) is 11.4. The zero-order chi connectivity index (χ0) is 21.2. The van der Waals surface area contributed by atoms with E-state index in [4.69, 9.17) is 9.47 Å². The highest BCUT2D eigenvalue weighted by molar-refractivity contribution is 9.10. The second-order valence-electron chi connectivity index (χ2n) is 6.66. The molecule has 29 heavy (non-hydrogen) atoms. The number of hydrogen-bond donors (Lipinski definition) is 2. The summed E-state index contributed by atoms with van der Waals surface area (Å²) in [7, 11) is 0. The SMILES string of the molecule is CCCOc1ccc(Br)cc1C(=O)NNC(=O)COc1ccc(C(C)CC)cc1. The van der Waals surface area contributed by atoms with Gasteiger partial charge in [0.1, 0.15) is 11.5 Å². The van der Waals surface area contributed by atoms with E-state index in [1.807, 2.05) is 31.2 Å². The molecule has 0 bridgehead atoms. The highest BCUT2D eigenvalue weighted by Crippen LogP contribution is 2.23.